The Labute approximate surface area is 163 Å². The highest BCUT2D eigenvalue weighted by molar-refractivity contribution is 7.96. The van der Waals surface area contributed by atoms with E-state index in [1.807, 2.05) is 45.0 Å². The average Bonchev–Trinajstić information content (AvgIpc) is 2.51. The second-order valence-corrected chi connectivity index (χ2v) is 8.06. The molecule has 0 radical (unpaired) electrons. The number of rotatable bonds is 5. The number of ether oxygens (including phenoxy) is 2. The molecule has 0 saturated heterocycles. The van der Waals surface area contributed by atoms with Crippen molar-refractivity contribution in [1.29, 1.82) is 0 Å². The van der Waals surface area contributed by atoms with Gasteiger partial charge in [0.05, 0.1) is 0 Å². The molecule has 1 heterocycles. The summed E-state index contributed by atoms with van der Waals surface area (Å²) >= 11 is 7.27. The van der Waals surface area contributed by atoms with E-state index in [1.54, 1.807) is 20.0 Å². The van der Waals surface area contributed by atoms with E-state index in [2.05, 4.69) is 9.97 Å². The van der Waals surface area contributed by atoms with E-state index < -0.39 is 5.60 Å². The van der Waals surface area contributed by atoms with Crippen molar-refractivity contribution < 1.29 is 14.3 Å². The number of benzene rings is 1. The van der Waals surface area contributed by atoms with Crippen LogP contribution in [0, 0.1) is 6.92 Å². The molecule has 26 heavy (non-hydrogen) atoms. The molecule has 0 fully saturated rings. The molecule has 1 aromatic heterocycles. The third-order valence-corrected chi connectivity index (χ3v) is 4.20. The molecular weight excluding hydrogens is 374 g/mol. The van der Waals surface area contributed by atoms with Gasteiger partial charge in [-0.05, 0) is 57.3 Å². The number of carbonyl (C=O) groups is 1. The number of nitrogens with zero attached hydrogens (tertiary/aromatic N) is 3. The lowest BCUT2D eigenvalue weighted by Gasteiger charge is -2.23. The van der Waals surface area contributed by atoms with Gasteiger partial charge in [0.15, 0.2) is 0 Å². The fraction of sp³-hybridized carbons (Fsp3) is 0.389. The van der Waals surface area contributed by atoms with Crippen LogP contribution < -0.4 is 4.74 Å². The van der Waals surface area contributed by atoms with Gasteiger partial charge in [0, 0.05) is 18.9 Å². The molecule has 0 unspecified atom stereocenters. The molecule has 0 saturated carbocycles. The Morgan fingerprint density at radius 1 is 1.23 bits per heavy atom. The first kappa shape index (κ1) is 20.3. The van der Waals surface area contributed by atoms with Gasteiger partial charge < -0.3 is 9.47 Å². The van der Waals surface area contributed by atoms with E-state index in [0.29, 0.717) is 28.4 Å². The normalized spacial score (nSPS) is 11.2. The van der Waals surface area contributed by atoms with Crippen LogP contribution in [0.5, 0.6) is 11.6 Å². The smallest absolute Gasteiger partial charge is 0.420 e. The zero-order chi connectivity index (χ0) is 19.3. The van der Waals surface area contributed by atoms with Crippen LogP contribution in [0.2, 0.25) is 5.15 Å². The predicted octanol–water partition coefficient (Wildman–Crippen LogP) is 5.25. The van der Waals surface area contributed by atoms with Crippen molar-refractivity contribution in [2.24, 2.45) is 0 Å². The Kier molecular flexibility index (Phi) is 6.72. The fourth-order valence-electron chi connectivity index (χ4n) is 1.88. The van der Waals surface area contributed by atoms with Crippen LogP contribution in [0.25, 0.3) is 0 Å². The molecule has 1 amide bonds. The molecule has 2 rings (SSSR count). The Balaban J connectivity index is 1.90. The first-order valence-corrected chi connectivity index (χ1v) is 9.32. The molecule has 0 aliphatic heterocycles. The first-order valence-electron chi connectivity index (χ1n) is 8.00. The van der Waals surface area contributed by atoms with Crippen LogP contribution in [0.3, 0.4) is 0 Å². The molecule has 0 atom stereocenters. The lowest BCUT2D eigenvalue weighted by molar-refractivity contribution is 0.0432. The van der Waals surface area contributed by atoms with Gasteiger partial charge in [-0.1, -0.05) is 23.7 Å². The van der Waals surface area contributed by atoms with Gasteiger partial charge in [-0.2, -0.15) is 4.98 Å². The zero-order valence-electron chi connectivity index (χ0n) is 15.4. The summed E-state index contributed by atoms with van der Waals surface area (Å²) in [4.78, 5) is 20.1. The highest BCUT2D eigenvalue weighted by Crippen LogP contribution is 2.24. The molecule has 140 valence electrons. The molecule has 8 heteroatoms. The van der Waals surface area contributed by atoms with Gasteiger partial charge in [-0.15, -0.1) is 0 Å². The summed E-state index contributed by atoms with van der Waals surface area (Å²) in [6.07, 6.45) is -0.363. The van der Waals surface area contributed by atoms with Crippen LogP contribution in [-0.2, 0) is 10.5 Å². The van der Waals surface area contributed by atoms with E-state index in [9.17, 15) is 4.79 Å². The van der Waals surface area contributed by atoms with Crippen molar-refractivity contribution in [3.8, 4) is 11.6 Å². The highest BCUT2D eigenvalue weighted by Gasteiger charge is 2.19. The largest absolute Gasteiger partial charge is 0.443 e. The molecule has 0 N–H and O–H groups in total. The van der Waals surface area contributed by atoms with E-state index in [4.69, 9.17) is 21.1 Å². The SMILES string of the molecule is Cc1nc(Cl)cc(Oc2ccc(CSN(C)C(=O)OC(C)(C)C)cc2)n1. The number of amides is 1. The molecule has 6 nitrogen and oxygen atoms in total. The summed E-state index contributed by atoms with van der Waals surface area (Å²) in [5.74, 6) is 2.22. The summed E-state index contributed by atoms with van der Waals surface area (Å²) in [5.41, 5.74) is 0.544. The Morgan fingerprint density at radius 3 is 2.46 bits per heavy atom. The standard InChI is InChI=1S/C18H22ClN3O3S/c1-12-20-15(19)10-16(21-12)24-14-8-6-13(7-9-14)11-26-22(5)17(23)25-18(2,3)4/h6-10H,11H2,1-5H3. The fourth-order valence-corrected chi connectivity index (χ4v) is 2.78. The molecule has 0 spiro atoms. The van der Waals surface area contributed by atoms with Gasteiger partial charge in [0.1, 0.15) is 22.3 Å². The maximum absolute atomic E-state index is 11.9. The lowest BCUT2D eigenvalue weighted by atomic mass is 10.2. The lowest BCUT2D eigenvalue weighted by Crippen LogP contribution is -2.30. The third kappa shape index (κ3) is 6.72. The number of aryl methyl sites for hydroxylation is 1. The van der Waals surface area contributed by atoms with Crippen molar-refractivity contribution in [3.63, 3.8) is 0 Å². The predicted molar refractivity (Wildman–Crippen MR) is 104 cm³/mol. The van der Waals surface area contributed by atoms with Crippen molar-refractivity contribution in [3.05, 3.63) is 46.9 Å². The Hall–Kier alpha value is -1.99. The van der Waals surface area contributed by atoms with E-state index in [-0.39, 0.29) is 6.09 Å². The molecule has 0 aliphatic rings. The minimum absolute atomic E-state index is 0.339. The monoisotopic (exact) mass is 395 g/mol. The number of halogens is 1. The van der Waals surface area contributed by atoms with Crippen LogP contribution in [0.4, 0.5) is 4.79 Å². The first-order chi connectivity index (χ1) is 12.1. The van der Waals surface area contributed by atoms with Crippen molar-refractivity contribution in [2.45, 2.75) is 39.0 Å². The van der Waals surface area contributed by atoms with Gasteiger partial charge in [0.25, 0.3) is 0 Å². The Bertz CT molecular complexity index is 743. The van der Waals surface area contributed by atoms with Gasteiger partial charge in [0.2, 0.25) is 5.88 Å². The molecule has 0 bridgehead atoms. The summed E-state index contributed by atoms with van der Waals surface area (Å²) in [6.45, 7) is 7.28. The zero-order valence-corrected chi connectivity index (χ0v) is 17.0. The van der Waals surface area contributed by atoms with Crippen molar-refractivity contribution in [2.75, 3.05) is 7.05 Å². The maximum Gasteiger partial charge on any atom is 0.420 e. The van der Waals surface area contributed by atoms with E-state index >= 15 is 0 Å². The maximum atomic E-state index is 11.9. The van der Waals surface area contributed by atoms with Crippen LogP contribution in [-0.4, -0.2) is 33.0 Å². The highest BCUT2D eigenvalue weighted by atomic mass is 35.5. The minimum atomic E-state index is -0.507. The van der Waals surface area contributed by atoms with Gasteiger partial charge in [-0.3, -0.25) is 4.31 Å². The molecule has 0 aliphatic carbocycles. The van der Waals surface area contributed by atoms with Gasteiger partial charge >= 0.3 is 6.09 Å². The van der Waals surface area contributed by atoms with E-state index in [1.165, 1.54) is 16.3 Å². The summed E-state index contributed by atoms with van der Waals surface area (Å²) in [6, 6.07) is 9.11. The molecule has 2 aromatic rings. The van der Waals surface area contributed by atoms with Crippen molar-refractivity contribution in [1.82, 2.24) is 14.3 Å². The minimum Gasteiger partial charge on any atom is -0.443 e. The van der Waals surface area contributed by atoms with Gasteiger partial charge in [-0.25, -0.2) is 9.78 Å². The number of aromatic nitrogens is 2. The third-order valence-electron chi connectivity index (χ3n) is 3.00. The van der Waals surface area contributed by atoms with Crippen LogP contribution >= 0.6 is 23.5 Å². The Morgan fingerprint density at radius 2 is 1.88 bits per heavy atom. The molecular formula is C18H22ClN3O3S. The summed E-state index contributed by atoms with van der Waals surface area (Å²) < 4.78 is 12.5. The number of carbonyl (C=O) groups excluding carboxylic acids is 1. The molecule has 1 aromatic carbocycles. The number of hydrogen-bond donors (Lipinski definition) is 0. The van der Waals surface area contributed by atoms with Crippen LogP contribution in [0.15, 0.2) is 30.3 Å². The number of hydrogen-bond acceptors (Lipinski definition) is 6. The average molecular weight is 396 g/mol. The van der Waals surface area contributed by atoms with Crippen molar-refractivity contribution >= 4 is 29.6 Å². The van der Waals surface area contributed by atoms with Crippen LogP contribution in [0.1, 0.15) is 32.2 Å². The topological polar surface area (TPSA) is 64.5 Å². The quantitative estimate of drug-likeness (QED) is 0.509. The summed E-state index contributed by atoms with van der Waals surface area (Å²) in [5, 5.41) is 0.339. The summed E-state index contributed by atoms with van der Waals surface area (Å²) in [7, 11) is 1.69. The second-order valence-electron chi connectivity index (χ2n) is 6.57. The second kappa shape index (κ2) is 8.60. The van der Waals surface area contributed by atoms with E-state index in [0.717, 1.165) is 5.56 Å².